The average molecular weight is 262 g/mol. The molecular formula is C14H18N2O3. The van der Waals surface area contributed by atoms with Gasteiger partial charge in [0.25, 0.3) is 0 Å². The number of rotatable bonds is 5. The van der Waals surface area contributed by atoms with Crippen molar-refractivity contribution in [2.24, 2.45) is 0 Å². The lowest BCUT2D eigenvalue weighted by atomic mass is 10.2. The molecule has 0 saturated heterocycles. The first kappa shape index (κ1) is 13.4. The normalized spacial score (nSPS) is 12.5. The van der Waals surface area contributed by atoms with Crippen LogP contribution in [-0.4, -0.2) is 16.5 Å². The monoisotopic (exact) mass is 262 g/mol. The molecule has 102 valence electrons. The maximum Gasteiger partial charge on any atom is 0.420 e. The van der Waals surface area contributed by atoms with Crippen LogP contribution in [0.2, 0.25) is 0 Å². The van der Waals surface area contributed by atoms with Gasteiger partial charge in [-0.3, -0.25) is 9.36 Å². The highest BCUT2D eigenvalue weighted by atomic mass is 16.4. The van der Waals surface area contributed by atoms with Gasteiger partial charge in [0.2, 0.25) is 5.91 Å². The van der Waals surface area contributed by atoms with Gasteiger partial charge in [-0.1, -0.05) is 25.5 Å². The fourth-order valence-electron chi connectivity index (χ4n) is 2.13. The van der Waals surface area contributed by atoms with Crippen molar-refractivity contribution < 1.29 is 9.21 Å². The Morgan fingerprint density at radius 3 is 2.89 bits per heavy atom. The molecule has 5 nitrogen and oxygen atoms in total. The van der Waals surface area contributed by atoms with Gasteiger partial charge in [0.05, 0.1) is 5.52 Å². The van der Waals surface area contributed by atoms with Gasteiger partial charge in [-0.15, -0.1) is 0 Å². The molecule has 1 N–H and O–H groups in total. The second-order valence-electron chi connectivity index (χ2n) is 4.68. The Hall–Kier alpha value is -2.04. The lowest BCUT2D eigenvalue weighted by molar-refractivity contribution is -0.122. The van der Waals surface area contributed by atoms with E-state index in [1.165, 1.54) is 4.57 Å². The molecule has 2 rings (SSSR count). The lowest BCUT2D eigenvalue weighted by Gasteiger charge is -2.12. The molecule has 5 heteroatoms. The molecule has 1 unspecified atom stereocenters. The maximum atomic E-state index is 11.9. The fourth-order valence-corrected chi connectivity index (χ4v) is 2.13. The molecule has 0 saturated carbocycles. The maximum absolute atomic E-state index is 11.9. The standard InChI is InChI=1S/C14H18N2O3/c1-3-6-10(2)15-13(17)9-16-11-7-4-5-8-12(11)19-14(16)18/h4-5,7-8,10H,3,6,9H2,1-2H3,(H,15,17). The van der Waals surface area contributed by atoms with E-state index < -0.39 is 5.76 Å². The summed E-state index contributed by atoms with van der Waals surface area (Å²) in [5, 5.41) is 2.87. The van der Waals surface area contributed by atoms with E-state index in [2.05, 4.69) is 12.2 Å². The zero-order valence-electron chi connectivity index (χ0n) is 11.2. The van der Waals surface area contributed by atoms with Gasteiger partial charge < -0.3 is 9.73 Å². The molecule has 0 spiro atoms. The number of hydrogen-bond donors (Lipinski definition) is 1. The summed E-state index contributed by atoms with van der Waals surface area (Å²) in [6.45, 7) is 4.01. The van der Waals surface area contributed by atoms with E-state index in [1.807, 2.05) is 13.0 Å². The molecule has 1 atom stereocenters. The smallest absolute Gasteiger partial charge is 0.408 e. The SMILES string of the molecule is CCCC(C)NC(=O)Cn1c(=O)oc2ccccc21. The minimum absolute atomic E-state index is 0.0100. The quantitative estimate of drug-likeness (QED) is 0.895. The summed E-state index contributed by atoms with van der Waals surface area (Å²) in [6, 6.07) is 7.20. The van der Waals surface area contributed by atoms with Crippen molar-refractivity contribution in [3.8, 4) is 0 Å². The fraction of sp³-hybridized carbons (Fsp3) is 0.429. The van der Waals surface area contributed by atoms with Crippen molar-refractivity contribution in [3.05, 3.63) is 34.8 Å². The first-order valence-corrected chi connectivity index (χ1v) is 6.49. The highest BCUT2D eigenvalue weighted by Crippen LogP contribution is 2.11. The Morgan fingerprint density at radius 2 is 2.16 bits per heavy atom. The van der Waals surface area contributed by atoms with Gasteiger partial charge in [-0.25, -0.2) is 4.79 Å². The average Bonchev–Trinajstić information content (AvgIpc) is 2.66. The number of benzene rings is 1. The summed E-state index contributed by atoms with van der Waals surface area (Å²) < 4.78 is 6.43. The molecule has 0 radical (unpaired) electrons. The Labute approximate surface area is 111 Å². The number of nitrogens with zero attached hydrogens (tertiary/aromatic N) is 1. The van der Waals surface area contributed by atoms with Crippen molar-refractivity contribution in [1.82, 2.24) is 9.88 Å². The molecule has 0 aliphatic heterocycles. The highest BCUT2D eigenvalue weighted by molar-refractivity contribution is 5.79. The van der Waals surface area contributed by atoms with Crippen LogP contribution in [0.1, 0.15) is 26.7 Å². The van der Waals surface area contributed by atoms with Gasteiger partial charge >= 0.3 is 5.76 Å². The molecule has 0 aliphatic carbocycles. The lowest BCUT2D eigenvalue weighted by Crippen LogP contribution is -2.36. The molecule has 2 aromatic rings. The number of carbonyl (C=O) groups excluding carboxylic acids is 1. The van der Waals surface area contributed by atoms with Crippen LogP contribution in [0.3, 0.4) is 0 Å². The number of hydrogen-bond acceptors (Lipinski definition) is 3. The Bertz CT molecular complexity index is 627. The molecule has 0 bridgehead atoms. The number of oxazole rings is 1. The second kappa shape index (κ2) is 5.73. The third kappa shape index (κ3) is 3.05. The molecular weight excluding hydrogens is 244 g/mol. The van der Waals surface area contributed by atoms with Crippen LogP contribution in [-0.2, 0) is 11.3 Å². The first-order chi connectivity index (χ1) is 9.11. The van der Waals surface area contributed by atoms with Crippen LogP contribution in [0, 0.1) is 0 Å². The zero-order valence-corrected chi connectivity index (χ0v) is 11.2. The van der Waals surface area contributed by atoms with E-state index in [-0.39, 0.29) is 18.5 Å². The minimum atomic E-state index is -0.500. The van der Waals surface area contributed by atoms with Gasteiger partial charge in [-0.2, -0.15) is 0 Å². The highest BCUT2D eigenvalue weighted by Gasteiger charge is 2.13. The Kier molecular flexibility index (Phi) is 4.04. The summed E-state index contributed by atoms with van der Waals surface area (Å²) in [5.41, 5.74) is 1.15. The summed E-state index contributed by atoms with van der Waals surface area (Å²) in [6.07, 6.45) is 1.93. The Morgan fingerprint density at radius 1 is 1.42 bits per heavy atom. The summed E-state index contributed by atoms with van der Waals surface area (Å²) in [4.78, 5) is 23.6. The molecule has 0 fully saturated rings. The van der Waals surface area contributed by atoms with Gasteiger partial charge in [-0.05, 0) is 25.5 Å². The number of aromatic nitrogens is 1. The van der Waals surface area contributed by atoms with Crippen LogP contribution in [0.5, 0.6) is 0 Å². The third-order valence-corrected chi connectivity index (χ3v) is 3.00. The van der Waals surface area contributed by atoms with E-state index in [1.54, 1.807) is 18.2 Å². The van der Waals surface area contributed by atoms with Crippen molar-refractivity contribution in [2.75, 3.05) is 0 Å². The largest absolute Gasteiger partial charge is 0.420 e. The predicted octanol–water partition coefficient (Wildman–Crippen LogP) is 1.90. The predicted molar refractivity (Wildman–Crippen MR) is 73.0 cm³/mol. The van der Waals surface area contributed by atoms with Crippen LogP contribution < -0.4 is 11.1 Å². The van der Waals surface area contributed by atoms with Crippen LogP contribution in [0.25, 0.3) is 11.1 Å². The molecule has 19 heavy (non-hydrogen) atoms. The van der Waals surface area contributed by atoms with Crippen molar-refractivity contribution in [2.45, 2.75) is 39.3 Å². The molecule has 1 heterocycles. The zero-order chi connectivity index (χ0) is 13.8. The van der Waals surface area contributed by atoms with Crippen LogP contribution in [0.15, 0.2) is 33.5 Å². The Balaban J connectivity index is 2.15. The van der Waals surface area contributed by atoms with E-state index in [4.69, 9.17) is 4.42 Å². The van der Waals surface area contributed by atoms with Gasteiger partial charge in [0.1, 0.15) is 6.54 Å². The van der Waals surface area contributed by atoms with E-state index in [0.29, 0.717) is 11.1 Å². The molecule has 1 aromatic heterocycles. The van der Waals surface area contributed by atoms with E-state index in [0.717, 1.165) is 12.8 Å². The van der Waals surface area contributed by atoms with Gasteiger partial charge in [0, 0.05) is 6.04 Å². The van der Waals surface area contributed by atoms with Crippen molar-refractivity contribution in [1.29, 1.82) is 0 Å². The van der Waals surface area contributed by atoms with Crippen LogP contribution >= 0.6 is 0 Å². The number of carbonyl (C=O) groups is 1. The number of amides is 1. The molecule has 1 amide bonds. The molecule has 1 aromatic carbocycles. The van der Waals surface area contributed by atoms with E-state index in [9.17, 15) is 9.59 Å². The molecule has 0 aliphatic rings. The summed E-state index contributed by atoms with van der Waals surface area (Å²) in [7, 11) is 0. The minimum Gasteiger partial charge on any atom is -0.408 e. The summed E-state index contributed by atoms with van der Waals surface area (Å²) >= 11 is 0. The topological polar surface area (TPSA) is 64.2 Å². The van der Waals surface area contributed by atoms with Crippen molar-refractivity contribution >= 4 is 17.0 Å². The summed E-state index contributed by atoms with van der Waals surface area (Å²) in [5.74, 6) is -0.672. The number of para-hydroxylation sites is 2. The van der Waals surface area contributed by atoms with E-state index >= 15 is 0 Å². The second-order valence-corrected chi connectivity index (χ2v) is 4.68. The van der Waals surface area contributed by atoms with Crippen molar-refractivity contribution in [3.63, 3.8) is 0 Å². The third-order valence-electron chi connectivity index (χ3n) is 3.00. The number of nitrogens with one attached hydrogen (secondary N) is 1. The van der Waals surface area contributed by atoms with Gasteiger partial charge in [0.15, 0.2) is 5.58 Å². The van der Waals surface area contributed by atoms with Crippen LogP contribution in [0.4, 0.5) is 0 Å². The first-order valence-electron chi connectivity index (χ1n) is 6.49. The number of fused-ring (bicyclic) bond motifs is 1.